The van der Waals surface area contributed by atoms with E-state index in [0.29, 0.717) is 0 Å². The Hall–Kier alpha value is -0.200. The van der Waals surface area contributed by atoms with Crippen LogP contribution in [-0.4, -0.2) is 47.2 Å². The molecule has 0 aromatic rings. The van der Waals surface area contributed by atoms with Gasteiger partial charge in [0.15, 0.2) is 0 Å². The predicted molar refractivity (Wildman–Crippen MR) is 39.6 cm³/mol. The first kappa shape index (κ1) is 8.14. The van der Waals surface area contributed by atoms with E-state index in [4.69, 9.17) is 14.2 Å². The fourth-order valence-electron chi connectivity index (χ4n) is 2.44. The summed E-state index contributed by atoms with van der Waals surface area (Å²) < 4.78 is 15.7. The van der Waals surface area contributed by atoms with E-state index in [1.165, 1.54) is 0 Å². The predicted octanol–water partition coefficient (Wildman–Crippen LogP) is -1.18. The Morgan fingerprint density at radius 1 is 0.846 bits per heavy atom. The highest BCUT2D eigenvalue weighted by atomic mass is 16.9. The molecule has 0 amide bonds. The van der Waals surface area contributed by atoms with E-state index in [0.717, 1.165) is 0 Å². The minimum Gasteiger partial charge on any atom is -0.388 e. The second kappa shape index (κ2) is 2.43. The number of hydrogen-bond donors (Lipinski definition) is 2. The molecular weight excluding hydrogens is 176 g/mol. The largest absolute Gasteiger partial charge is 0.388 e. The third-order valence-corrected chi connectivity index (χ3v) is 3.19. The molecule has 0 radical (unpaired) electrons. The lowest BCUT2D eigenvalue weighted by atomic mass is 9.78. The highest BCUT2D eigenvalue weighted by Crippen LogP contribution is 2.42. The number of rotatable bonds is 0. The topological polar surface area (TPSA) is 68.2 Å². The molecule has 5 heteroatoms. The molecule has 3 saturated heterocycles. The fourth-order valence-corrected chi connectivity index (χ4v) is 2.44. The SMILES string of the molecule is C[C@@H]1C2OC3O[C@@H](C2O)C(O)[C@H]1O3. The lowest BCUT2D eigenvalue weighted by Gasteiger charge is -2.56. The molecule has 7 atom stereocenters. The lowest BCUT2D eigenvalue weighted by Crippen LogP contribution is -2.72. The summed E-state index contributed by atoms with van der Waals surface area (Å²) in [4.78, 5) is 0. The van der Waals surface area contributed by atoms with Crippen LogP contribution in [0.2, 0.25) is 0 Å². The molecule has 13 heavy (non-hydrogen) atoms. The van der Waals surface area contributed by atoms with Gasteiger partial charge in [0, 0.05) is 5.92 Å². The molecule has 5 nitrogen and oxygen atoms in total. The first-order valence-electron chi connectivity index (χ1n) is 4.51. The molecule has 2 N–H and O–H groups in total. The molecule has 74 valence electrons. The second-order valence-corrected chi connectivity index (χ2v) is 3.93. The van der Waals surface area contributed by atoms with E-state index < -0.39 is 24.8 Å². The summed E-state index contributed by atoms with van der Waals surface area (Å²) >= 11 is 0. The van der Waals surface area contributed by atoms with Crippen molar-refractivity contribution in [3.8, 4) is 0 Å². The summed E-state index contributed by atoms with van der Waals surface area (Å²) in [5.41, 5.74) is 0. The van der Waals surface area contributed by atoms with Gasteiger partial charge >= 0.3 is 0 Å². The molecule has 4 fully saturated rings. The van der Waals surface area contributed by atoms with Gasteiger partial charge in [0.1, 0.15) is 18.3 Å². The van der Waals surface area contributed by atoms with Gasteiger partial charge in [-0.1, -0.05) is 6.92 Å². The smallest absolute Gasteiger partial charge is 0.272 e. The van der Waals surface area contributed by atoms with E-state index in [1.807, 2.05) is 6.92 Å². The van der Waals surface area contributed by atoms with Crippen molar-refractivity contribution in [2.24, 2.45) is 5.92 Å². The van der Waals surface area contributed by atoms with Crippen molar-refractivity contribution < 1.29 is 24.4 Å². The molecule has 4 rings (SSSR count). The first-order valence-corrected chi connectivity index (χ1v) is 4.51. The Balaban J connectivity index is 1.97. The number of ether oxygens (including phenoxy) is 3. The van der Waals surface area contributed by atoms with Crippen molar-refractivity contribution in [3.63, 3.8) is 0 Å². The number of aliphatic hydroxyl groups excluding tert-OH is 2. The van der Waals surface area contributed by atoms with Gasteiger partial charge in [-0.15, -0.1) is 0 Å². The van der Waals surface area contributed by atoms with Crippen LogP contribution in [0.15, 0.2) is 0 Å². The van der Waals surface area contributed by atoms with Crippen LogP contribution in [0.1, 0.15) is 6.92 Å². The van der Waals surface area contributed by atoms with Crippen LogP contribution in [0.3, 0.4) is 0 Å². The maximum atomic E-state index is 9.70. The Kier molecular flexibility index (Phi) is 1.52. The molecule has 1 saturated carbocycles. The van der Waals surface area contributed by atoms with E-state index >= 15 is 0 Å². The van der Waals surface area contributed by atoms with Crippen LogP contribution < -0.4 is 0 Å². The van der Waals surface area contributed by atoms with Crippen molar-refractivity contribution in [2.75, 3.05) is 0 Å². The molecule has 4 aliphatic rings. The van der Waals surface area contributed by atoms with E-state index in [9.17, 15) is 10.2 Å². The molecule has 0 aromatic heterocycles. The van der Waals surface area contributed by atoms with E-state index in [2.05, 4.69) is 0 Å². The van der Waals surface area contributed by atoms with Gasteiger partial charge in [0.25, 0.3) is 6.48 Å². The van der Waals surface area contributed by atoms with Gasteiger partial charge in [-0.2, -0.15) is 0 Å². The zero-order chi connectivity index (χ0) is 9.16. The van der Waals surface area contributed by atoms with Gasteiger partial charge < -0.3 is 24.4 Å². The van der Waals surface area contributed by atoms with Crippen LogP contribution in [0.5, 0.6) is 0 Å². The molecule has 4 unspecified atom stereocenters. The van der Waals surface area contributed by atoms with Crippen molar-refractivity contribution in [3.05, 3.63) is 0 Å². The van der Waals surface area contributed by atoms with Crippen LogP contribution in [0.4, 0.5) is 0 Å². The molecule has 3 aliphatic heterocycles. The van der Waals surface area contributed by atoms with Crippen molar-refractivity contribution in [1.29, 1.82) is 0 Å². The zero-order valence-corrected chi connectivity index (χ0v) is 7.16. The highest BCUT2D eigenvalue weighted by molar-refractivity contribution is 5.03. The summed E-state index contributed by atoms with van der Waals surface area (Å²) in [6.45, 7) is 1.21. The minimum absolute atomic E-state index is 0.0152. The summed E-state index contributed by atoms with van der Waals surface area (Å²) in [5, 5.41) is 19.4. The fraction of sp³-hybridized carbons (Fsp3) is 1.00. The summed E-state index contributed by atoms with van der Waals surface area (Å²) in [5.74, 6) is 0.0152. The Morgan fingerprint density at radius 3 is 1.85 bits per heavy atom. The van der Waals surface area contributed by atoms with Crippen LogP contribution in [0.25, 0.3) is 0 Å². The molecule has 0 aromatic carbocycles. The van der Waals surface area contributed by atoms with Crippen molar-refractivity contribution >= 4 is 0 Å². The Morgan fingerprint density at radius 2 is 1.31 bits per heavy atom. The Bertz CT molecular complexity index is 183. The molecule has 0 spiro atoms. The van der Waals surface area contributed by atoms with Crippen molar-refractivity contribution in [1.82, 2.24) is 0 Å². The van der Waals surface area contributed by atoms with Crippen LogP contribution >= 0.6 is 0 Å². The van der Waals surface area contributed by atoms with Crippen LogP contribution in [-0.2, 0) is 14.2 Å². The van der Waals surface area contributed by atoms with E-state index in [1.54, 1.807) is 0 Å². The summed E-state index contributed by atoms with van der Waals surface area (Å²) in [6, 6.07) is 0. The maximum absolute atomic E-state index is 9.70. The maximum Gasteiger partial charge on any atom is 0.272 e. The summed E-state index contributed by atoms with van der Waals surface area (Å²) in [6.07, 6.45) is -2.53. The monoisotopic (exact) mass is 188 g/mol. The minimum atomic E-state index is -0.735. The molecule has 1 aliphatic carbocycles. The zero-order valence-electron chi connectivity index (χ0n) is 7.16. The third-order valence-electron chi connectivity index (χ3n) is 3.19. The summed E-state index contributed by atoms with van der Waals surface area (Å²) in [7, 11) is 0. The van der Waals surface area contributed by atoms with Gasteiger partial charge in [-0.3, -0.25) is 0 Å². The number of aliphatic hydroxyl groups is 2. The Labute approximate surface area is 75.2 Å². The standard InChI is InChI=1S/C8H12O5/c1-2-5-3(9)7-4(10)6(2)12-8(11-5)13-7/h2-10H,1H3/t2-,3?,4?,5-,6?,7+,8?/m0/s1. The average Bonchev–Trinajstić information content (AvgIpc) is 2.12. The molecule has 4 bridgehead atoms. The highest BCUT2D eigenvalue weighted by Gasteiger charge is 2.59. The van der Waals surface area contributed by atoms with Crippen molar-refractivity contribution in [2.45, 2.75) is 43.9 Å². The quantitative estimate of drug-likeness (QED) is 0.501. The third kappa shape index (κ3) is 0.884. The van der Waals surface area contributed by atoms with Gasteiger partial charge in [0.05, 0.1) is 12.2 Å². The van der Waals surface area contributed by atoms with Crippen LogP contribution in [0, 0.1) is 5.92 Å². The molecular formula is C8H12O5. The number of hydrogen-bond acceptors (Lipinski definition) is 5. The average molecular weight is 188 g/mol. The van der Waals surface area contributed by atoms with Gasteiger partial charge in [0.2, 0.25) is 0 Å². The normalized spacial score (nSPS) is 64.4. The van der Waals surface area contributed by atoms with E-state index in [-0.39, 0.29) is 18.1 Å². The molecule has 3 heterocycles. The van der Waals surface area contributed by atoms with Gasteiger partial charge in [-0.05, 0) is 0 Å². The first-order chi connectivity index (χ1) is 6.18. The van der Waals surface area contributed by atoms with Gasteiger partial charge in [-0.25, -0.2) is 0 Å². The second-order valence-electron chi connectivity index (χ2n) is 3.93. The lowest BCUT2D eigenvalue weighted by molar-refractivity contribution is -0.475.